The lowest BCUT2D eigenvalue weighted by Gasteiger charge is -2.28. The Bertz CT molecular complexity index is 1610. The molecule has 0 saturated carbocycles. The van der Waals surface area contributed by atoms with Gasteiger partial charge in [0.2, 0.25) is 0 Å². The van der Waals surface area contributed by atoms with Crippen LogP contribution < -0.4 is 4.74 Å². The summed E-state index contributed by atoms with van der Waals surface area (Å²) in [6.45, 7) is 10.6. The molecule has 0 aliphatic rings. The fourth-order valence-corrected chi connectivity index (χ4v) is 5.27. The molecule has 5 aromatic rings. The van der Waals surface area contributed by atoms with E-state index in [0.717, 1.165) is 61.7 Å². The number of imidazole rings is 1. The van der Waals surface area contributed by atoms with Crippen LogP contribution in [0.2, 0.25) is 0 Å². The molecule has 6 heteroatoms. The van der Waals surface area contributed by atoms with Gasteiger partial charge in [0.05, 0.1) is 24.7 Å². The van der Waals surface area contributed by atoms with Gasteiger partial charge in [0.1, 0.15) is 11.6 Å². The number of nitrogens with zero attached hydrogens (tertiary/aromatic N) is 4. The average Bonchev–Trinajstić information content (AvgIpc) is 3.28. The molecule has 0 fully saturated rings. The molecule has 0 bridgehead atoms. The Labute approximate surface area is 229 Å². The van der Waals surface area contributed by atoms with Crippen molar-refractivity contribution in [2.24, 2.45) is 0 Å². The smallest absolute Gasteiger partial charge is 0.255 e. The number of hydrogen-bond donors (Lipinski definition) is 0. The Morgan fingerprint density at radius 3 is 2.28 bits per heavy atom. The summed E-state index contributed by atoms with van der Waals surface area (Å²) in [5.41, 5.74) is 8.78. The number of aromatic nitrogens is 3. The van der Waals surface area contributed by atoms with Crippen molar-refractivity contribution < 1.29 is 9.53 Å². The normalized spacial score (nSPS) is 11.3. The molecule has 2 heterocycles. The quantitative estimate of drug-likeness (QED) is 0.231. The number of hydrogen-bond acceptors (Lipinski definition) is 4. The van der Waals surface area contributed by atoms with Crippen LogP contribution in [0.1, 0.15) is 46.7 Å². The Balaban J connectivity index is 1.63. The van der Waals surface area contributed by atoms with Gasteiger partial charge in [0.25, 0.3) is 5.91 Å². The van der Waals surface area contributed by atoms with Crippen LogP contribution in [-0.2, 0) is 6.54 Å². The zero-order valence-electron chi connectivity index (χ0n) is 23.4. The Hall–Kier alpha value is -4.45. The molecule has 2 aromatic heterocycles. The van der Waals surface area contributed by atoms with Crippen molar-refractivity contribution in [3.63, 3.8) is 0 Å². The summed E-state index contributed by atoms with van der Waals surface area (Å²) in [5.74, 6) is 1.60. The minimum Gasteiger partial charge on any atom is -0.497 e. The van der Waals surface area contributed by atoms with E-state index in [1.165, 1.54) is 0 Å². The highest BCUT2D eigenvalue weighted by atomic mass is 16.5. The maximum Gasteiger partial charge on any atom is 0.255 e. The fourth-order valence-electron chi connectivity index (χ4n) is 5.27. The van der Waals surface area contributed by atoms with Gasteiger partial charge in [-0.15, -0.1) is 0 Å². The fraction of sp³-hybridized carbons (Fsp3) is 0.242. The lowest BCUT2D eigenvalue weighted by Crippen LogP contribution is -2.38. The van der Waals surface area contributed by atoms with Gasteiger partial charge in [-0.1, -0.05) is 29.8 Å². The summed E-state index contributed by atoms with van der Waals surface area (Å²) in [7, 11) is 1.66. The van der Waals surface area contributed by atoms with Crippen LogP contribution in [0, 0.1) is 20.8 Å². The number of methoxy groups -OCH3 is 1. The van der Waals surface area contributed by atoms with E-state index in [0.29, 0.717) is 6.54 Å². The second kappa shape index (κ2) is 10.7. The first-order valence-electron chi connectivity index (χ1n) is 13.2. The molecule has 1 amide bonds. The molecule has 0 unspecified atom stereocenters. The average molecular weight is 519 g/mol. The van der Waals surface area contributed by atoms with Gasteiger partial charge in [-0.3, -0.25) is 14.3 Å². The van der Waals surface area contributed by atoms with Gasteiger partial charge < -0.3 is 9.64 Å². The predicted molar refractivity (Wildman–Crippen MR) is 157 cm³/mol. The van der Waals surface area contributed by atoms with E-state index in [4.69, 9.17) is 9.72 Å². The lowest BCUT2D eigenvalue weighted by molar-refractivity contribution is 0.0683. The number of carbonyl (C=O) groups excluding carboxylic acids is 1. The first-order valence-corrected chi connectivity index (χ1v) is 13.2. The summed E-state index contributed by atoms with van der Waals surface area (Å²) < 4.78 is 7.53. The van der Waals surface area contributed by atoms with Crippen molar-refractivity contribution in [3.8, 4) is 22.6 Å². The minimum absolute atomic E-state index is 0.0180. The van der Waals surface area contributed by atoms with Crippen molar-refractivity contribution in [3.05, 3.63) is 107 Å². The third kappa shape index (κ3) is 5.15. The zero-order chi connectivity index (χ0) is 27.7. The van der Waals surface area contributed by atoms with Crippen molar-refractivity contribution in [2.45, 2.75) is 47.2 Å². The molecule has 0 radical (unpaired) electrons. The number of benzene rings is 3. The Kier molecular flexibility index (Phi) is 7.20. The predicted octanol–water partition coefficient (Wildman–Crippen LogP) is 7.07. The molecule has 0 aliphatic heterocycles. The van der Waals surface area contributed by atoms with Crippen LogP contribution in [0.4, 0.5) is 0 Å². The van der Waals surface area contributed by atoms with E-state index in [1.54, 1.807) is 13.3 Å². The van der Waals surface area contributed by atoms with Crippen molar-refractivity contribution in [1.82, 2.24) is 19.4 Å². The van der Waals surface area contributed by atoms with E-state index >= 15 is 0 Å². The van der Waals surface area contributed by atoms with Gasteiger partial charge in [-0.05, 0) is 93.8 Å². The molecular weight excluding hydrogens is 484 g/mol. The van der Waals surface area contributed by atoms with Crippen LogP contribution in [0.15, 0.2) is 79.1 Å². The monoisotopic (exact) mass is 518 g/mol. The maximum atomic E-state index is 14.0. The van der Waals surface area contributed by atoms with Crippen molar-refractivity contribution in [2.75, 3.05) is 7.11 Å². The first-order chi connectivity index (χ1) is 18.8. The van der Waals surface area contributed by atoms with Crippen LogP contribution in [0.5, 0.6) is 5.75 Å². The molecule has 0 N–H and O–H groups in total. The molecular formula is C33H34N4O2. The second-order valence-corrected chi connectivity index (χ2v) is 10.3. The molecule has 5 rings (SSSR count). The SMILES string of the molecule is COc1ccc(-n2c(CN(C(=O)c3c(C)cc(C)cc3C)C(C)C)nc3cc(-c4cccnc4)ccc32)cc1. The summed E-state index contributed by atoms with van der Waals surface area (Å²) in [4.78, 5) is 25.3. The third-order valence-electron chi connectivity index (χ3n) is 7.14. The summed E-state index contributed by atoms with van der Waals surface area (Å²) in [6, 6.07) is 22.3. The number of carbonyl (C=O) groups is 1. The Morgan fingerprint density at radius 1 is 0.949 bits per heavy atom. The molecule has 6 nitrogen and oxygen atoms in total. The van der Waals surface area contributed by atoms with Crippen LogP contribution in [0.3, 0.4) is 0 Å². The zero-order valence-corrected chi connectivity index (χ0v) is 23.4. The summed E-state index contributed by atoms with van der Waals surface area (Å²) in [5, 5.41) is 0. The van der Waals surface area contributed by atoms with E-state index < -0.39 is 0 Å². The van der Waals surface area contributed by atoms with Gasteiger partial charge >= 0.3 is 0 Å². The summed E-state index contributed by atoms with van der Waals surface area (Å²) >= 11 is 0. The molecule has 0 saturated heterocycles. The molecule has 198 valence electrons. The number of amides is 1. The largest absolute Gasteiger partial charge is 0.497 e. The first kappa shape index (κ1) is 26.2. The highest BCUT2D eigenvalue weighted by Crippen LogP contribution is 2.29. The van der Waals surface area contributed by atoms with Gasteiger partial charge in [0.15, 0.2) is 0 Å². The maximum absolute atomic E-state index is 14.0. The standard InChI is InChI=1S/C33H34N4O2/c1-21(2)36(33(38)32-23(4)16-22(3)17-24(32)5)20-31-35-29-18-25(26-8-7-15-34-19-26)9-14-30(29)37(31)27-10-12-28(39-6)13-11-27/h7-19,21H,20H2,1-6H3. The lowest BCUT2D eigenvalue weighted by atomic mass is 9.98. The Morgan fingerprint density at radius 2 is 1.67 bits per heavy atom. The molecule has 0 aliphatic carbocycles. The number of pyridine rings is 1. The second-order valence-electron chi connectivity index (χ2n) is 10.3. The van der Waals surface area contributed by atoms with E-state index in [2.05, 4.69) is 60.7 Å². The van der Waals surface area contributed by atoms with E-state index in [1.807, 2.05) is 61.3 Å². The highest BCUT2D eigenvalue weighted by Gasteiger charge is 2.25. The number of fused-ring (bicyclic) bond motifs is 1. The van der Waals surface area contributed by atoms with Crippen molar-refractivity contribution in [1.29, 1.82) is 0 Å². The number of aryl methyl sites for hydroxylation is 3. The summed E-state index contributed by atoms with van der Waals surface area (Å²) in [6.07, 6.45) is 3.63. The molecule has 3 aromatic carbocycles. The molecule has 0 spiro atoms. The number of ether oxygens (including phenoxy) is 1. The van der Waals surface area contributed by atoms with Gasteiger partial charge in [0, 0.05) is 35.2 Å². The van der Waals surface area contributed by atoms with Crippen LogP contribution >= 0.6 is 0 Å². The van der Waals surface area contributed by atoms with Crippen molar-refractivity contribution >= 4 is 16.9 Å². The van der Waals surface area contributed by atoms with E-state index in [-0.39, 0.29) is 11.9 Å². The molecule has 0 atom stereocenters. The third-order valence-corrected chi connectivity index (χ3v) is 7.14. The van der Waals surface area contributed by atoms with E-state index in [9.17, 15) is 4.79 Å². The van der Waals surface area contributed by atoms with Crippen LogP contribution in [0.25, 0.3) is 27.8 Å². The van der Waals surface area contributed by atoms with Gasteiger partial charge in [-0.2, -0.15) is 0 Å². The van der Waals surface area contributed by atoms with Gasteiger partial charge in [-0.25, -0.2) is 4.98 Å². The molecule has 39 heavy (non-hydrogen) atoms. The minimum atomic E-state index is -0.0207. The number of rotatable bonds is 7. The highest BCUT2D eigenvalue weighted by molar-refractivity contribution is 5.97. The topological polar surface area (TPSA) is 60.2 Å². The van der Waals surface area contributed by atoms with Crippen LogP contribution in [-0.4, -0.2) is 38.5 Å².